The topological polar surface area (TPSA) is 55.8 Å². The van der Waals surface area contributed by atoms with E-state index in [2.05, 4.69) is 16.1 Å². The van der Waals surface area contributed by atoms with Crippen LogP contribution < -0.4 is 0 Å². The van der Waals surface area contributed by atoms with Gasteiger partial charge in [0.2, 0.25) is 0 Å². The molecular weight excluding hydrogens is 217 g/mol. The quantitative estimate of drug-likeness (QED) is 0.433. The highest BCUT2D eigenvalue weighted by Crippen LogP contribution is 2.14. The fourth-order valence-electron chi connectivity index (χ4n) is 0.493. The number of esters is 1. The molecule has 0 aromatic rings. The van der Waals surface area contributed by atoms with Crippen LogP contribution in [0.3, 0.4) is 0 Å². The summed E-state index contributed by atoms with van der Waals surface area (Å²) in [7, 11) is 0. The van der Waals surface area contributed by atoms with Crippen LogP contribution in [0.2, 0.25) is 0 Å². The second kappa shape index (κ2) is 5.72. The van der Waals surface area contributed by atoms with Gasteiger partial charge in [0.25, 0.3) is 0 Å². The van der Waals surface area contributed by atoms with Crippen molar-refractivity contribution < 1.29 is 32.5 Å². The van der Waals surface area contributed by atoms with E-state index in [-0.39, 0.29) is 5.57 Å². The molecule has 0 fully saturated rings. The summed E-state index contributed by atoms with van der Waals surface area (Å²) in [5.41, 5.74) is 0.235. The minimum absolute atomic E-state index is 0.235. The molecule has 0 saturated heterocycles. The molecule has 0 aromatic carbocycles. The van der Waals surface area contributed by atoms with E-state index in [4.69, 9.17) is 5.11 Å². The van der Waals surface area contributed by atoms with Gasteiger partial charge in [-0.1, -0.05) is 6.58 Å². The first-order valence-electron chi connectivity index (χ1n) is 3.90. The number of aliphatic hydroxyl groups is 1. The van der Waals surface area contributed by atoms with Crippen LogP contribution in [0, 0.1) is 0 Å². The first kappa shape index (κ1) is 13.9. The third-order valence-corrected chi connectivity index (χ3v) is 1.18. The zero-order chi connectivity index (χ0) is 12.1. The summed E-state index contributed by atoms with van der Waals surface area (Å²) in [6, 6.07) is 0. The van der Waals surface area contributed by atoms with E-state index < -0.39 is 31.6 Å². The molecule has 1 N–H and O–H groups in total. The van der Waals surface area contributed by atoms with Gasteiger partial charge in [-0.15, -0.1) is 0 Å². The monoisotopic (exact) mass is 228 g/mol. The largest absolute Gasteiger partial charge is 0.454 e. The molecule has 15 heavy (non-hydrogen) atoms. The molecule has 0 aliphatic heterocycles. The fourth-order valence-corrected chi connectivity index (χ4v) is 0.493. The highest BCUT2D eigenvalue weighted by molar-refractivity contribution is 5.70. The lowest BCUT2D eigenvalue weighted by molar-refractivity contribution is -0.192. The summed E-state index contributed by atoms with van der Waals surface area (Å²) in [6.07, 6.45) is -5.95. The Bertz CT molecular complexity index is 237. The molecule has 0 amide bonds. The Kier molecular flexibility index (Phi) is 5.31. The van der Waals surface area contributed by atoms with Crippen molar-refractivity contribution in [2.75, 3.05) is 13.2 Å². The van der Waals surface area contributed by atoms with Crippen LogP contribution in [0.5, 0.6) is 0 Å². The van der Waals surface area contributed by atoms with Gasteiger partial charge < -0.3 is 14.6 Å². The van der Waals surface area contributed by atoms with Crippen LogP contribution in [-0.2, 0) is 14.3 Å². The summed E-state index contributed by atoms with van der Waals surface area (Å²) in [5, 5.41) is 8.95. The van der Waals surface area contributed by atoms with Gasteiger partial charge in [-0.05, 0) is 12.5 Å². The minimum Gasteiger partial charge on any atom is -0.454 e. The number of rotatable bonds is 5. The van der Waals surface area contributed by atoms with Crippen molar-refractivity contribution in [1.82, 2.24) is 0 Å². The third-order valence-electron chi connectivity index (χ3n) is 1.18. The summed E-state index contributed by atoms with van der Waals surface area (Å²) < 4.78 is 42.9. The van der Waals surface area contributed by atoms with Gasteiger partial charge in [0.05, 0.1) is 0 Å². The van der Waals surface area contributed by atoms with Crippen LogP contribution in [-0.4, -0.2) is 36.8 Å². The van der Waals surface area contributed by atoms with E-state index >= 15 is 0 Å². The molecule has 0 radical (unpaired) electrons. The Labute approximate surface area is 84.3 Å². The number of hydrogen-bond donors (Lipinski definition) is 1. The van der Waals surface area contributed by atoms with Gasteiger partial charge in [0.1, 0.15) is 6.61 Å². The Hall–Kier alpha value is -1.08. The average Bonchev–Trinajstić information content (AvgIpc) is 2.09. The molecule has 0 aromatic heterocycles. The van der Waals surface area contributed by atoms with E-state index in [0.29, 0.717) is 0 Å². The van der Waals surface area contributed by atoms with Gasteiger partial charge in [0.15, 0.2) is 12.9 Å². The van der Waals surface area contributed by atoms with Gasteiger partial charge in [-0.2, -0.15) is 13.2 Å². The Morgan fingerprint density at radius 3 is 2.47 bits per heavy atom. The summed E-state index contributed by atoms with van der Waals surface area (Å²) in [5.74, 6) is -1.20. The van der Waals surface area contributed by atoms with E-state index in [9.17, 15) is 18.0 Å². The predicted octanol–water partition coefficient (Wildman–Crippen LogP) is 1.00. The van der Waals surface area contributed by atoms with Gasteiger partial charge >= 0.3 is 12.1 Å². The van der Waals surface area contributed by atoms with Gasteiger partial charge in [0, 0.05) is 0 Å². The maximum atomic E-state index is 11.6. The van der Waals surface area contributed by atoms with Crippen LogP contribution in [0.25, 0.3) is 0 Å². The second-order valence-corrected chi connectivity index (χ2v) is 2.79. The highest BCUT2D eigenvalue weighted by Gasteiger charge is 2.29. The lowest BCUT2D eigenvalue weighted by atomic mass is 10.3. The maximum Gasteiger partial charge on any atom is 0.422 e. The molecule has 0 spiro atoms. The molecule has 0 saturated carbocycles. The standard InChI is InChI=1S/C8H11F3O4/c1-5(2)7(13)14-3-6(12)15-4-8(9,10)11/h7,13H,1,3-4H2,2H3. The normalized spacial score (nSPS) is 13.4. The molecular formula is C8H11F3O4. The van der Waals surface area contributed by atoms with Crippen molar-refractivity contribution in [3.63, 3.8) is 0 Å². The molecule has 1 atom stereocenters. The molecule has 0 rings (SSSR count). The molecule has 0 bridgehead atoms. The molecule has 0 aliphatic rings. The van der Waals surface area contributed by atoms with Crippen molar-refractivity contribution in [3.05, 3.63) is 12.2 Å². The van der Waals surface area contributed by atoms with Crippen molar-refractivity contribution in [3.8, 4) is 0 Å². The summed E-state index contributed by atoms with van der Waals surface area (Å²) in [6.45, 7) is 2.32. The first-order valence-corrected chi connectivity index (χ1v) is 3.90. The van der Waals surface area contributed by atoms with Crippen LogP contribution in [0.15, 0.2) is 12.2 Å². The number of halogens is 3. The first-order chi connectivity index (χ1) is 6.72. The van der Waals surface area contributed by atoms with Crippen molar-refractivity contribution in [2.24, 2.45) is 0 Å². The Morgan fingerprint density at radius 2 is 2.07 bits per heavy atom. The van der Waals surface area contributed by atoms with Crippen LogP contribution in [0.1, 0.15) is 6.92 Å². The predicted molar refractivity (Wildman–Crippen MR) is 43.8 cm³/mol. The lowest BCUT2D eigenvalue weighted by Crippen LogP contribution is -2.25. The number of carbonyl (C=O) groups is 1. The summed E-state index contributed by atoms with van der Waals surface area (Å²) in [4.78, 5) is 10.6. The molecule has 4 nitrogen and oxygen atoms in total. The zero-order valence-corrected chi connectivity index (χ0v) is 8.00. The average molecular weight is 228 g/mol. The third kappa shape index (κ3) is 7.95. The molecule has 1 unspecified atom stereocenters. The van der Waals surface area contributed by atoms with Crippen molar-refractivity contribution >= 4 is 5.97 Å². The minimum atomic E-state index is -4.57. The van der Waals surface area contributed by atoms with Crippen LogP contribution in [0.4, 0.5) is 13.2 Å². The van der Waals surface area contributed by atoms with Gasteiger partial charge in [-0.3, -0.25) is 0 Å². The number of aliphatic hydroxyl groups excluding tert-OH is 1. The van der Waals surface area contributed by atoms with Crippen molar-refractivity contribution in [1.29, 1.82) is 0 Å². The van der Waals surface area contributed by atoms with Crippen LogP contribution >= 0.6 is 0 Å². The van der Waals surface area contributed by atoms with Gasteiger partial charge in [-0.25, -0.2) is 4.79 Å². The van der Waals surface area contributed by atoms with Crippen molar-refractivity contribution in [2.45, 2.75) is 19.4 Å². The Morgan fingerprint density at radius 1 is 1.53 bits per heavy atom. The van der Waals surface area contributed by atoms with E-state index in [1.165, 1.54) is 6.92 Å². The number of alkyl halides is 3. The molecule has 0 aliphatic carbocycles. The number of carbonyl (C=O) groups excluding carboxylic acids is 1. The van der Waals surface area contributed by atoms with E-state index in [1.54, 1.807) is 0 Å². The molecule has 0 heterocycles. The summed E-state index contributed by atoms with van der Waals surface area (Å²) >= 11 is 0. The lowest BCUT2D eigenvalue weighted by Gasteiger charge is -2.11. The van der Waals surface area contributed by atoms with E-state index in [1.807, 2.05) is 0 Å². The number of hydrogen-bond acceptors (Lipinski definition) is 4. The maximum absolute atomic E-state index is 11.6. The SMILES string of the molecule is C=C(C)C(O)OCC(=O)OCC(F)(F)F. The zero-order valence-electron chi connectivity index (χ0n) is 8.00. The Balaban J connectivity index is 3.72. The fraction of sp³-hybridized carbons (Fsp3) is 0.625. The second-order valence-electron chi connectivity index (χ2n) is 2.79. The van der Waals surface area contributed by atoms with E-state index in [0.717, 1.165) is 0 Å². The molecule has 88 valence electrons. The highest BCUT2D eigenvalue weighted by atomic mass is 19.4. The number of ether oxygens (including phenoxy) is 2. The molecule has 7 heteroatoms. The smallest absolute Gasteiger partial charge is 0.422 e.